The summed E-state index contributed by atoms with van der Waals surface area (Å²) in [5.74, 6) is 2.23. The molecule has 37 heavy (non-hydrogen) atoms. The van der Waals surface area contributed by atoms with Gasteiger partial charge in [0.15, 0.2) is 0 Å². The Bertz CT molecular complexity index is 1390. The number of piperazine rings is 1. The fourth-order valence-electron chi connectivity index (χ4n) is 6.62. The van der Waals surface area contributed by atoms with Gasteiger partial charge in [-0.2, -0.15) is 5.26 Å². The lowest BCUT2D eigenvalue weighted by Gasteiger charge is -2.43. The molecule has 1 amide bonds. The summed E-state index contributed by atoms with van der Waals surface area (Å²) < 4.78 is 2.29. The summed E-state index contributed by atoms with van der Waals surface area (Å²) in [5, 5.41) is 10.3. The third-order valence-electron chi connectivity index (χ3n) is 8.67. The zero-order valence-corrected chi connectivity index (χ0v) is 22.2. The van der Waals surface area contributed by atoms with Gasteiger partial charge in [-0.05, 0) is 50.0 Å². The maximum Gasteiger partial charge on any atom is 0.242 e. The van der Waals surface area contributed by atoms with Crippen molar-refractivity contribution in [2.24, 2.45) is 11.8 Å². The van der Waals surface area contributed by atoms with Crippen LogP contribution in [0.25, 0.3) is 22.3 Å². The Morgan fingerprint density at radius 3 is 2.62 bits per heavy atom. The summed E-state index contributed by atoms with van der Waals surface area (Å²) in [6, 6.07) is 6.25. The molecule has 1 saturated heterocycles. The lowest BCUT2D eigenvalue weighted by atomic mass is 9.83. The quantitative estimate of drug-likeness (QED) is 0.481. The highest BCUT2D eigenvalue weighted by Gasteiger charge is 2.43. The number of hydrogen-bond donors (Lipinski definition) is 0. The Morgan fingerprint density at radius 1 is 1.08 bits per heavy atom. The Balaban J connectivity index is 1.55. The highest BCUT2D eigenvalue weighted by Crippen LogP contribution is 2.39. The molecule has 0 radical (unpaired) electrons. The van der Waals surface area contributed by atoms with Crippen molar-refractivity contribution in [2.75, 3.05) is 18.5 Å². The number of nitrogens with zero attached hydrogens (tertiary/aromatic N) is 7. The van der Waals surface area contributed by atoms with E-state index in [1.54, 1.807) is 18.5 Å². The molecule has 0 unspecified atom stereocenters. The summed E-state index contributed by atoms with van der Waals surface area (Å²) in [5.41, 5.74) is 3.33. The molecule has 0 bridgehead atoms. The third kappa shape index (κ3) is 4.33. The van der Waals surface area contributed by atoms with E-state index in [1.165, 1.54) is 25.7 Å². The Hall–Kier alpha value is -3.18. The average Bonchev–Trinajstić information content (AvgIpc) is 3.53. The van der Waals surface area contributed by atoms with Gasteiger partial charge in [0.2, 0.25) is 11.9 Å². The van der Waals surface area contributed by atoms with Crippen LogP contribution < -0.4 is 4.90 Å². The van der Waals surface area contributed by atoms with Gasteiger partial charge in [-0.3, -0.25) is 9.78 Å². The minimum absolute atomic E-state index is 0.128. The van der Waals surface area contributed by atoms with Gasteiger partial charge < -0.3 is 14.4 Å². The number of pyridine rings is 2. The van der Waals surface area contributed by atoms with Crippen LogP contribution in [0.1, 0.15) is 57.6 Å². The van der Waals surface area contributed by atoms with Gasteiger partial charge in [0.25, 0.3) is 0 Å². The third-order valence-corrected chi connectivity index (χ3v) is 8.88. The van der Waals surface area contributed by atoms with Gasteiger partial charge >= 0.3 is 0 Å². The van der Waals surface area contributed by atoms with E-state index in [1.807, 2.05) is 18.0 Å². The lowest BCUT2D eigenvalue weighted by molar-refractivity contribution is -0.132. The minimum atomic E-state index is 0.128. The molecule has 2 saturated carbocycles. The summed E-state index contributed by atoms with van der Waals surface area (Å²) in [6.45, 7) is 3.46. The van der Waals surface area contributed by atoms with Crippen LogP contribution in [-0.4, -0.2) is 56.0 Å². The SMILES string of the molecule is CC1CCC(Cn2c(N3CC(=O)N(C)[C@H]4CCC[C@@H]43)nc3cc(C#N)nc(-c4cncc(Cl)c4)c32)CC1. The Kier molecular flexibility index (Phi) is 6.28. The van der Waals surface area contributed by atoms with E-state index >= 15 is 0 Å². The summed E-state index contributed by atoms with van der Waals surface area (Å²) in [6.07, 6.45) is 11.3. The molecule has 3 aromatic rings. The molecule has 0 N–H and O–H groups in total. The second kappa shape index (κ2) is 9.60. The van der Waals surface area contributed by atoms with Crippen LogP contribution >= 0.6 is 11.6 Å². The largest absolute Gasteiger partial charge is 0.339 e. The number of fused-ring (bicyclic) bond motifs is 2. The van der Waals surface area contributed by atoms with E-state index < -0.39 is 0 Å². The lowest BCUT2D eigenvalue weighted by Crippen LogP contribution is -2.59. The predicted molar refractivity (Wildman–Crippen MR) is 143 cm³/mol. The maximum atomic E-state index is 13.1. The number of amides is 1. The number of anilines is 1. The standard InChI is InChI=1S/C28H32ClN7O/c1-17-6-8-18(9-7-17)15-36-27-22(11-21(12-30)32-26(27)19-10-20(29)14-31-13-19)33-28(36)35-16-25(37)34(2)23-4-3-5-24(23)35/h10-11,13-14,17-18,23-24H,3-9,15-16H2,1-2H3/t17?,18?,23-,24-/m0/s1. The van der Waals surface area contributed by atoms with E-state index in [9.17, 15) is 10.1 Å². The van der Waals surface area contributed by atoms with E-state index in [0.717, 1.165) is 54.3 Å². The van der Waals surface area contributed by atoms with Crippen molar-refractivity contribution in [1.82, 2.24) is 24.4 Å². The monoisotopic (exact) mass is 517 g/mol. The smallest absolute Gasteiger partial charge is 0.242 e. The normalized spacial score (nSPS) is 25.9. The molecule has 9 heteroatoms. The van der Waals surface area contributed by atoms with Crippen molar-refractivity contribution in [3.63, 3.8) is 0 Å². The summed E-state index contributed by atoms with van der Waals surface area (Å²) >= 11 is 6.32. The first-order valence-electron chi connectivity index (χ1n) is 13.4. The molecular formula is C28H32ClN7O. The van der Waals surface area contributed by atoms with Crippen molar-refractivity contribution in [3.05, 3.63) is 35.2 Å². The first-order chi connectivity index (χ1) is 17.9. The topological polar surface area (TPSA) is 90.9 Å². The van der Waals surface area contributed by atoms with Crippen LogP contribution in [0.4, 0.5) is 5.95 Å². The van der Waals surface area contributed by atoms with E-state index in [2.05, 4.69) is 27.4 Å². The number of carbonyl (C=O) groups excluding carboxylic acids is 1. The number of hydrogen-bond acceptors (Lipinski definition) is 6. The zero-order chi connectivity index (χ0) is 25.7. The van der Waals surface area contributed by atoms with Crippen LogP contribution in [0.3, 0.4) is 0 Å². The van der Waals surface area contributed by atoms with Crippen molar-refractivity contribution >= 4 is 34.5 Å². The molecular weight excluding hydrogens is 486 g/mol. The van der Waals surface area contributed by atoms with Crippen LogP contribution in [0, 0.1) is 23.2 Å². The number of aromatic nitrogens is 4. The highest BCUT2D eigenvalue weighted by atomic mass is 35.5. The van der Waals surface area contributed by atoms with Gasteiger partial charge in [-0.25, -0.2) is 9.97 Å². The molecule has 0 spiro atoms. The number of carbonyl (C=O) groups is 1. The summed E-state index contributed by atoms with van der Waals surface area (Å²) in [4.78, 5) is 31.4. The average molecular weight is 518 g/mol. The Labute approximate surface area is 222 Å². The molecule has 0 aromatic carbocycles. The number of imidazole rings is 1. The summed E-state index contributed by atoms with van der Waals surface area (Å²) in [7, 11) is 1.93. The van der Waals surface area contributed by atoms with Crippen molar-refractivity contribution in [3.8, 4) is 17.3 Å². The fourth-order valence-corrected chi connectivity index (χ4v) is 6.79. The van der Waals surface area contributed by atoms with E-state index in [-0.39, 0.29) is 18.0 Å². The van der Waals surface area contributed by atoms with Gasteiger partial charge in [0.1, 0.15) is 18.3 Å². The van der Waals surface area contributed by atoms with Crippen LogP contribution in [-0.2, 0) is 11.3 Å². The van der Waals surface area contributed by atoms with Crippen molar-refractivity contribution < 1.29 is 4.79 Å². The molecule has 4 heterocycles. The molecule has 3 aliphatic rings. The molecule has 8 nitrogen and oxygen atoms in total. The van der Waals surface area contributed by atoms with Gasteiger partial charge in [-0.1, -0.05) is 31.4 Å². The van der Waals surface area contributed by atoms with E-state index in [4.69, 9.17) is 21.6 Å². The molecule has 2 aliphatic carbocycles. The number of rotatable bonds is 4. The Morgan fingerprint density at radius 2 is 1.86 bits per heavy atom. The maximum absolute atomic E-state index is 13.1. The first kappa shape index (κ1) is 24.2. The second-order valence-corrected chi connectivity index (χ2v) is 11.5. The minimum Gasteiger partial charge on any atom is -0.339 e. The predicted octanol–water partition coefficient (Wildman–Crippen LogP) is 5.04. The fraction of sp³-hybridized carbons (Fsp3) is 0.536. The van der Waals surface area contributed by atoms with Gasteiger partial charge in [0.05, 0.1) is 33.8 Å². The highest BCUT2D eigenvalue weighted by molar-refractivity contribution is 6.30. The first-order valence-corrected chi connectivity index (χ1v) is 13.8. The molecule has 3 fully saturated rings. The number of halogens is 1. The molecule has 1 aliphatic heterocycles. The van der Waals surface area contributed by atoms with Crippen LogP contribution in [0.2, 0.25) is 5.02 Å². The van der Waals surface area contributed by atoms with Crippen molar-refractivity contribution in [1.29, 1.82) is 5.26 Å². The number of likely N-dealkylation sites (N-methyl/N-ethyl adjacent to an activating group) is 1. The molecule has 2 atom stereocenters. The molecule has 6 rings (SSSR count). The molecule has 192 valence electrons. The van der Waals surface area contributed by atoms with Crippen LogP contribution in [0.5, 0.6) is 0 Å². The number of nitriles is 1. The molecule has 3 aromatic heterocycles. The van der Waals surface area contributed by atoms with E-state index in [0.29, 0.717) is 28.9 Å². The van der Waals surface area contributed by atoms with Gasteiger partial charge in [-0.15, -0.1) is 0 Å². The zero-order valence-electron chi connectivity index (χ0n) is 21.4. The van der Waals surface area contributed by atoms with Crippen LogP contribution in [0.15, 0.2) is 24.5 Å². The van der Waals surface area contributed by atoms with Gasteiger partial charge in [0, 0.05) is 37.6 Å². The second-order valence-electron chi connectivity index (χ2n) is 11.1. The van der Waals surface area contributed by atoms with Crippen molar-refractivity contribution in [2.45, 2.75) is 70.5 Å².